The largest absolute Gasteiger partial charge is 0.489 e. The molecule has 2 N–H and O–H groups in total. The molecular weight excluding hydrogens is 484 g/mol. The molecule has 2 heterocycles. The Hall–Kier alpha value is -1.96. The van der Waals surface area contributed by atoms with E-state index in [0.717, 1.165) is 57.4 Å². The predicted octanol–water partition coefficient (Wildman–Crippen LogP) is 4.78. The summed E-state index contributed by atoms with van der Waals surface area (Å²) in [5.74, 6) is 2.42. The molecule has 0 spiro atoms. The monoisotopic (exact) mass is 532 g/mol. The third kappa shape index (κ3) is 6.20. The number of nitrogens with zero attached hydrogens (tertiary/aromatic N) is 2. The predicted molar refractivity (Wildman–Crippen MR) is 157 cm³/mol. The molecule has 39 heavy (non-hydrogen) atoms. The van der Waals surface area contributed by atoms with E-state index >= 15 is 0 Å². The van der Waals surface area contributed by atoms with Crippen molar-refractivity contribution >= 4 is 0 Å². The Labute approximate surface area is 235 Å². The highest BCUT2D eigenvalue weighted by atomic mass is 16.5. The van der Waals surface area contributed by atoms with Crippen molar-refractivity contribution in [2.45, 2.75) is 84.5 Å². The molecule has 0 amide bonds. The minimum absolute atomic E-state index is 0.291. The average Bonchev–Trinajstić information content (AvgIpc) is 2.91. The van der Waals surface area contributed by atoms with E-state index in [1.165, 1.54) is 47.1 Å². The molecule has 4 aliphatic rings. The van der Waals surface area contributed by atoms with Gasteiger partial charge in [0.05, 0.1) is 25.0 Å². The lowest BCUT2D eigenvalue weighted by Gasteiger charge is -2.51. The molecule has 1 saturated carbocycles. The summed E-state index contributed by atoms with van der Waals surface area (Å²) in [5, 5.41) is 7.80. The van der Waals surface area contributed by atoms with Gasteiger partial charge < -0.3 is 9.47 Å². The number of benzene rings is 2. The molecular formula is C33H48N4O2. The van der Waals surface area contributed by atoms with Gasteiger partial charge in [-0.2, -0.15) is 0 Å². The number of hydrogen-bond acceptors (Lipinski definition) is 6. The van der Waals surface area contributed by atoms with Crippen LogP contribution < -0.4 is 15.4 Å². The summed E-state index contributed by atoms with van der Waals surface area (Å²) in [7, 11) is 0. The number of aryl methyl sites for hydroxylation is 3. The number of rotatable bonds is 8. The lowest BCUT2D eigenvalue weighted by Crippen LogP contribution is -2.67. The van der Waals surface area contributed by atoms with Crippen molar-refractivity contribution in [2.75, 3.05) is 39.3 Å². The van der Waals surface area contributed by atoms with E-state index in [0.29, 0.717) is 37.0 Å². The summed E-state index contributed by atoms with van der Waals surface area (Å²) >= 11 is 0. The Morgan fingerprint density at radius 1 is 0.949 bits per heavy atom. The molecule has 212 valence electrons. The lowest BCUT2D eigenvalue weighted by atomic mass is 9.76. The Balaban J connectivity index is 1.05. The van der Waals surface area contributed by atoms with E-state index in [2.05, 4.69) is 84.5 Å². The fraction of sp³-hybridized carbons (Fsp3) is 0.636. The van der Waals surface area contributed by atoms with Crippen LogP contribution in [0.1, 0.15) is 67.0 Å². The van der Waals surface area contributed by atoms with Gasteiger partial charge in [0.2, 0.25) is 0 Å². The summed E-state index contributed by atoms with van der Waals surface area (Å²) in [5.41, 5.74) is 6.76. The van der Waals surface area contributed by atoms with E-state index in [1.54, 1.807) is 0 Å². The smallest absolute Gasteiger partial charge is 0.120 e. The normalized spacial score (nSPS) is 31.3. The summed E-state index contributed by atoms with van der Waals surface area (Å²) in [6.45, 7) is 16.0. The van der Waals surface area contributed by atoms with E-state index < -0.39 is 0 Å². The van der Waals surface area contributed by atoms with Crippen molar-refractivity contribution < 1.29 is 9.47 Å². The van der Waals surface area contributed by atoms with E-state index in [1.807, 2.05) is 0 Å². The Bertz CT molecular complexity index is 1120. The van der Waals surface area contributed by atoms with Crippen molar-refractivity contribution in [2.24, 2.45) is 11.8 Å². The third-order valence-electron chi connectivity index (χ3n) is 9.66. The Kier molecular flexibility index (Phi) is 8.29. The van der Waals surface area contributed by atoms with Crippen LogP contribution in [0.5, 0.6) is 5.75 Å². The lowest BCUT2D eigenvalue weighted by molar-refractivity contribution is -0.0418. The average molecular weight is 533 g/mol. The SMILES string of the molecule is Cc1ccc(COc2ccc3c(c2)CCC2C3NC(C)NC2N2CCN(CCOC3CC(C)C3)CC2)c(C)c1. The number of ether oxygens (including phenoxy) is 2. The van der Waals surface area contributed by atoms with Crippen LogP contribution in [-0.4, -0.2) is 67.6 Å². The quantitative estimate of drug-likeness (QED) is 0.510. The third-order valence-corrected chi connectivity index (χ3v) is 9.66. The number of hydrogen-bond donors (Lipinski definition) is 2. The molecule has 4 atom stereocenters. The zero-order chi connectivity index (χ0) is 26.9. The van der Waals surface area contributed by atoms with Gasteiger partial charge in [-0.15, -0.1) is 0 Å². The molecule has 4 unspecified atom stereocenters. The highest BCUT2D eigenvalue weighted by Gasteiger charge is 2.42. The zero-order valence-corrected chi connectivity index (χ0v) is 24.4. The van der Waals surface area contributed by atoms with Crippen LogP contribution in [0.2, 0.25) is 0 Å². The Morgan fingerprint density at radius 2 is 1.77 bits per heavy atom. The van der Waals surface area contributed by atoms with Crippen molar-refractivity contribution in [3.05, 3.63) is 64.2 Å². The number of nitrogens with one attached hydrogen (secondary N) is 2. The van der Waals surface area contributed by atoms with E-state index in [9.17, 15) is 0 Å². The minimum atomic E-state index is 0.291. The van der Waals surface area contributed by atoms with Crippen LogP contribution in [0, 0.1) is 25.7 Å². The second kappa shape index (κ2) is 11.9. The fourth-order valence-electron chi connectivity index (χ4n) is 7.29. The Morgan fingerprint density at radius 3 is 2.54 bits per heavy atom. The van der Waals surface area contributed by atoms with Crippen molar-refractivity contribution in [3.63, 3.8) is 0 Å². The first kappa shape index (κ1) is 27.2. The van der Waals surface area contributed by atoms with Gasteiger partial charge >= 0.3 is 0 Å². The molecule has 0 bridgehead atoms. The molecule has 2 aliphatic heterocycles. The molecule has 6 nitrogen and oxygen atoms in total. The van der Waals surface area contributed by atoms with Crippen molar-refractivity contribution in [1.82, 2.24) is 20.4 Å². The van der Waals surface area contributed by atoms with Gasteiger partial charge in [-0.1, -0.05) is 36.8 Å². The van der Waals surface area contributed by atoms with Crippen molar-refractivity contribution in [3.8, 4) is 5.75 Å². The van der Waals surface area contributed by atoms with E-state index in [4.69, 9.17) is 9.47 Å². The molecule has 0 radical (unpaired) electrons. The maximum absolute atomic E-state index is 6.26. The summed E-state index contributed by atoms with van der Waals surface area (Å²) in [4.78, 5) is 5.31. The minimum Gasteiger partial charge on any atom is -0.489 e. The molecule has 2 aromatic carbocycles. The van der Waals surface area contributed by atoms with Crippen LogP contribution in [0.4, 0.5) is 0 Å². The van der Waals surface area contributed by atoms with E-state index in [-0.39, 0.29) is 0 Å². The first-order chi connectivity index (χ1) is 18.9. The molecule has 6 rings (SSSR count). The topological polar surface area (TPSA) is 49.0 Å². The summed E-state index contributed by atoms with van der Waals surface area (Å²) in [6, 6.07) is 13.8. The maximum atomic E-state index is 6.26. The highest BCUT2D eigenvalue weighted by molar-refractivity contribution is 5.40. The van der Waals surface area contributed by atoms with Crippen LogP contribution in [0.25, 0.3) is 0 Å². The highest BCUT2D eigenvalue weighted by Crippen LogP contribution is 2.41. The van der Waals surface area contributed by atoms with Crippen LogP contribution in [-0.2, 0) is 17.8 Å². The summed E-state index contributed by atoms with van der Waals surface area (Å²) < 4.78 is 12.3. The molecule has 6 heteroatoms. The second-order valence-corrected chi connectivity index (χ2v) is 12.7. The molecule has 2 aliphatic carbocycles. The van der Waals surface area contributed by atoms with Gasteiger partial charge in [-0.05, 0) is 86.8 Å². The van der Waals surface area contributed by atoms with Gasteiger partial charge in [0.15, 0.2) is 0 Å². The number of fused-ring (bicyclic) bond motifs is 3. The first-order valence-electron chi connectivity index (χ1n) is 15.3. The fourth-order valence-corrected chi connectivity index (χ4v) is 7.29. The van der Waals surface area contributed by atoms with Crippen LogP contribution >= 0.6 is 0 Å². The second-order valence-electron chi connectivity index (χ2n) is 12.7. The molecule has 3 fully saturated rings. The molecule has 2 aromatic rings. The first-order valence-corrected chi connectivity index (χ1v) is 15.3. The van der Waals surface area contributed by atoms with Gasteiger partial charge in [0.25, 0.3) is 0 Å². The van der Waals surface area contributed by atoms with Gasteiger partial charge in [0.1, 0.15) is 12.4 Å². The summed E-state index contributed by atoms with van der Waals surface area (Å²) in [6.07, 6.45) is 6.05. The molecule has 0 aromatic heterocycles. The zero-order valence-electron chi connectivity index (χ0n) is 24.4. The molecule has 2 saturated heterocycles. The number of piperazine rings is 1. The van der Waals surface area contributed by atoms with Gasteiger partial charge in [-0.3, -0.25) is 20.4 Å². The van der Waals surface area contributed by atoms with Gasteiger partial charge in [-0.25, -0.2) is 0 Å². The van der Waals surface area contributed by atoms with Crippen LogP contribution in [0.15, 0.2) is 36.4 Å². The van der Waals surface area contributed by atoms with Gasteiger partial charge in [0, 0.05) is 44.7 Å². The standard InChI is InChI=1S/C33H48N4O2/c1-22-5-6-27(24(3)17-22)21-39-28-8-10-30-26(20-28)7-9-31-32(30)34-25(4)35-33(31)37-13-11-36(12-14-37)15-16-38-29-18-23(2)19-29/h5-6,8,10,17,20,23,25,29,31-35H,7,9,11-16,18-19,21H2,1-4H3. The van der Waals surface area contributed by atoms with Crippen LogP contribution in [0.3, 0.4) is 0 Å². The maximum Gasteiger partial charge on any atom is 0.120 e. The van der Waals surface area contributed by atoms with Crippen molar-refractivity contribution in [1.29, 1.82) is 0 Å².